The van der Waals surface area contributed by atoms with Crippen molar-refractivity contribution < 1.29 is 19.3 Å². The van der Waals surface area contributed by atoms with Crippen molar-refractivity contribution in [2.45, 2.75) is 0 Å². The number of aromatic nitrogens is 1. The molecule has 0 spiro atoms. The molecule has 0 saturated carbocycles. The van der Waals surface area contributed by atoms with Crippen molar-refractivity contribution in [2.24, 2.45) is 0 Å². The van der Waals surface area contributed by atoms with Crippen LogP contribution in [0.1, 0.15) is 0 Å². The third kappa shape index (κ3) is 3.21. The van der Waals surface area contributed by atoms with E-state index in [9.17, 15) is 5.11 Å². The molecule has 1 aromatic heterocycles. The summed E-state index contributed by atoms with van der Waals surface area (Å²) in [6.45, 7) is 0. The number of rotatable bonds is 5. The lowest BCUT2D eigenvalue weighted by Gasteiger charge is -2.15. The standard InChI is InChI=1S/C20H20N2O4/c1-24-17-9-13(10-18(25-2)19(17)26-3)14-8-16(20(21)22-11-14)12-4-6-15(23)7-5-12/h4-11,23H,1-3H3,(H2,21,22). The van der Waals surface area contributed by atoms with E-state index in [0.717, 1.165) is 22.3 Å². The maximum Gasteiger partial charge on any atom is 0.203 e. The number of nitrogen functional groups attached to an aromatic ring is 1. The maximum absolute atomic E-state index is 9.48. The minimum absolute atomic E-state index is 0.195. The van der Waals surface area contributed by atoms with Gasteiger partial charge in [-0.25, -0.2) is 4.98 Å². The molecule has 6 nitrogen and oxygen atoms in total. The third-order valence-corrected chi connectivity index (χ3v) is 4.09. The average Bonchev–Trinajstić information content (AvgIpc) is 2.68. The largest absolute Gasteiger partial charge is 0.508 e. The molecule has 0 amide bonds. The van der Waals surface area contributed by atoms with Crippen LogP contribution >= 0.6 is 0 Å². The molecule has 0 radical (unpaired) electrons. The number of hydrogen-bond donors (Lipinski definition) is 2. The Morgan fingerprint density at radius 1 is 0.808 bits per heavy atom. The Morgan fingerprint density at radius 2 is 1.42 bits per heavy atom. The number of pyridine rings is 1. The monoisotopic (exact) mass is 352 g/mol. The van der Waals surface area contributed by atoms with Crippen LogP contribution in [0.2, 0.25) is 0 Å². The molecule has 1 heterocycles. The molecule has 0 aliphatic heterocycles. The lowest BCUT2D eigenvalue weighted by Crippen LogP contribution is -1.97. The molecule has 3 N–H and O–H groups in total. The summed E-state index contributed by atoms with van der Waals surface area (Å²) in [5.41, 5.74) is 9.39. The topological polar surface area (TPSA) is 86.8 Å². The molecule has 134 valence electrons. The first-order valence-electron chi connectivity index (χ1n) is 7.92. The first kappa shape index (κ1) is 17.4. The molecule has 26 heavy (non-hydrogen) atoms. The van der Waals surface area contributed by atoms with Crippen molar-refractivity contribution in [3.8, 4) is 45.3 Å². The Balaban J connectivity index is 2.13. The summed E-state index contributed by atoms with van der Waals surface area (Å²) in [6, 6.07) is 12.5. The molecule has 3 aromatic rings. The summed E-state index contributed by atoms with van der Waals surface area (Å²) in [4.78, 5) is 4.31. The summed E-state index contributed by atoms with van der Waals surface area (Å²) in [5, 5.41) is 9.48. The van der Waals surface area contributed by atoms with Crippen LogP contribution < -0.4 is 19.9 Å². The number of phenols is 1. The van der Waals surface area contributed by atoms with Crippen molar-refractivity contribution in [1.29, 1.82) is 0 Å². The summed E-state index contributed by atoms with van der Waals surface area (Å²) in [5.74, 6) is 2.25. The lowest BCUT2D eigenvalue weighted by molar-refractivity contribution is 0.324. The normalized spacial score (nSPS) is 10.4. The highest BCUT2D eigenvalue weighted by Gasteiger charge is 2.15. The Hall–Kier alpha value is -3.41. The Labute approximate surface area is 151 Å². The molecule has 0 atom stereocenters. The number of methoxy groups -OCH3 is 3. The van der Waals surface area contributed by atoms with E-state index in [4.69, 9.17) is 19.9 Å². The maximum atomic E-state index is 9.48. The number of anilines is 1. The molecule has 3 rings (SSSR count). The Bertz CT molecular complexity index is 899. The van der Waals surface area contributed by atoms with Crippen LogP contribution in [0.5, 0.6) is 23.0 Å². The molecule has 6 heteroatoms. The average molecular weight is 352 g/mol. The lowest BCUT2D eigenvalue weighted by atomic mass is 10.0. The minimum atomic E-state index is 0.195. The van der Waals surface area contributed by atoms with Gasteiger partial charge in [0.1, 0.15) is 11.6 Å². The van der Waals surface area contributed by atoms with Crippen molar-refractivity contribution in [2.75, 3.05) is 27.1 Å². The zero-order valence-corrected chi connectivity index (χ0v) is 14.8. The van der Waals surface area contributed by atoms with Crippen molar-refractivity contribution in [3.63, 3.8) is 0 Å². The van der Waals surface area contributed by atoms with Crippen LogP contribution in [-0.2, 0) is 0 Å². The van der Waals surface area contributed by atoms with Crippen LogP contribution in [0.4, 0.5) is 5.82 Å². The van der Waals surface area contributed by atoms with Gasteiger partial charge in [-0.15, -0.1) is 0 Å². The van der Waals surface area contributed by atoms with E-state index in [0.29, 0.717) is 23.1 Å². The molecular formula is C20H20N2O4. The van der Waals surface area contributed by atoms with Gasteiger partial charge in [-0.2, -0.15) is 0 Å². The van der Waals surface area contributed by atoms with Crippen molar-refractivity contribution in [1.82, 2.24) is 4.98 Å². The van der Waals surface area contributed by atoms with Gasteiger partial charge < -0.3 is 25.1 Å². The van der Waals surface area contributed by atoms with Gasteiger partial charge in [0.15, 0.2) is 11.5 Å². The fraction of sp³-hybridized carbons (Fsp3) is 0.150. The number of hydrogen-bond acceptors (Lipinski definition) is 6. The van der Waals surface area contributed by atoms with Gasteiger partial charge >= 0.3 is 0 Å². The zero-order valence-electron chi connectivity index (χ0n) is 14.8. The highest BCUT2D eigenvalue weighted by molar-refractivity contribution is 5.80. The number of aromatic hydroxyl groups is 1. The summed E-state index contributed by atoms with van der Waals surface area (Å²) in [6.07, 6.45) is 1.69. The van der Waals surface area contributed by atoms with E-state index >= 15 is 0 Å². The highest BCUT2D eigenvalue weighted by atomic mass is 16.5. The second-order valence-corrected chi connectivity index (χ2v) is 5.62. The van der Waals surface area contributed by atoms with Crippen molar-refractivity contribution >= 4 is 5.82 Å². The summed E-state index contributed by atoms with van der Waals surface area (Å²) in [7, 11) is 4.71. The van der Waals surface area contributed by atoms with E-state index in [2.05, 4.69) is 4.98 Å². The Morgan fingerprint density at radius 3 is 1.96 bits per heavy atom. The number of nitrogens with zero attached hydrogens (tertiary/aromatic N) is 1. The van der Waals surface area contributed by atoms with Crippen LogP contribution in [0.15, 0.2) is 48.7 Å². The van der Waals surface area contributed by atoms with E-state index in [1.807, 2.05) is 18.2 Å². The predicted octanol–water partition coefficient (Wildman–Crippen LogP) is 3.73. The molecular weight excluding hydrogens is 332 g/mol. The highest BCUT2D eigenvalue weighted by Crippen LogP contribution is 2.42. The summed E-state index contributed by atoms with van der Waals surface area (Å²) < 4.78 is 16.2. The van der Waals surface area contributed by atoms with E-state index in [-0.39, 0.29) is 5.75 Å². The molecule has 0 fully saturated rings. The second kappa shape index (κ2) is 7.23. The van der Waals surface area contributed by atoms with Gasteiger partial charge in [-0.3, -0.25) is 0 Å². The van der Waals surface area contributed by atoms with Crippen LogP contribution in [-0.4, -0.2) is 31.4 Å². The second-order valence-electron chi connectivity index (χ2n) is 5.62. The Kier molecular flexibility index (Phi) is 4.84. The molecule has 2 aromatic carbocycles. The first-order chi connectivity index (χ1) is 12.6. The van der Waals surface area contributed by atoms with Gasteiger partial charge in [0, 0.05) is 17.3 Å². The van der Waals surface area contributed by atoms with Crippen molar-refractivity contribution in [3.05, 3.63) is 48.7 Å². The van der Waals surface area contributed by atoms with Gasteiger partial charge in [0.05, 0.1) is 21.3 Å². The molecule has 0 saturated heterocycles. The van der Waals surface area contributed by atoms with Gasteiger partial charge in [0.25, 0.3) is 0 Å². The molecule has 0 unspecified atom stereocenters. The van der Waals surface area contributed by atoms with Crippen LogP contribution in [0.25, 0.3) is 22.3 Å². The van der Waals surface area contributed by atoms with E-state index < -0.39 is 0 Å². The van der Waals surface area contributed by atoms with Gasteiger partial charge in [-0.1, -0.05) is 12.1 Å². The predicted molar refractivity (Wildman–Crippen MR) is 101 cm³/mol. The SMILES string of the molecule is COc1cc(-c2cnc(N)c(-c3ccc(O)cc3)c2)cc(OC)c1OC. The zero-order chi connectivity index (χ0) is 18.7. The quantitative estimate of drug-likeness (QED) is 0.727. The summed E-state index contributed by atoms with van der Waals surface area (Å²) >= 11 is 0. The fourth-order valence-electron chi connectivity index (χ4n) is 2.75. The molecule has 0 aliphatic carbocycles. The number of benzene rings is 2. The van der Waals surface area contributed by atoms with E-state index in [1.54, 1.807) is 51.8 Å². The van der Waals surface area contributed by atoms with E-state index in [1.165, 1.54) is 0 Å². The smallest absolute Gasteiger partial charge is 0.203 e. The minimum Gasteiger partial charge on any atom is -0.508 e. The number of nitrogens with two attached hydrogens (primary N) is 1. The first-order valence-corrected chi connectivity index (χ1v) is 7.92. The molecule has 0 bridgehead atoms. The number of ether oxygens (including phenoxy) is 3. The van der Waals surface area contributed by atoms with Gasteiger partial charge in [0.2, 0.25) is 5.75 Å². The number of phenolic OH excluding ortho intramolecular Hbond substituents is 1. The van der Waals surface area contributed by atoms with Crippen LogP contribution in [0.3, 0.4) is 0 Å². The van der Waals surface area contributed by atoms with Crippen LogP contribution in [0, 0.1) is 0 Å². The van der Waals surface area contributed by atoms with Gasteiger partial charge in [-0.05, 0) is 41.5 Å². The fourth-order valence-corrected chi connectivity index (χ4v) is 2.75. The third-order valence-electron chi connectivity index (χ3n) is 4.09. The molecule has 0 aliphatic rings.